The minimum absolute atomic E-state index is 0.0328. The number of aromatic nitrogens is 4. The van der Waals surface area contributed by atoms with Gasteiger partial charge in [0, 0.05) is 96.5 Å². The Morgan fingerprint density at radius 2 is 1.69 bits per heavy atom. The van der Waals surface area contributed by atoms with Gasteiger partial charge in [0.15, 0.2) is 0 Å². The number of hydrogen-bond donors (Lipinski definition) is 2. The zero-order valence-corrected chi connectivity index (χ0v) is 33.1. The van der Waals surface area contributed by atoms with E-state index in [1.165, 1.54) is 11.0 Å². The molecule has 1 saturated carbocycles. The predicted molar refractivity (Wildman–Crippen MR) is 215 cm³/mol. The summed E-state index contributed by atoms with van der Waals surface area (Å²) in [4.78, 5) is 74.7. The number of piperidine rings is 2. The lowest BCUT2D eigenvalue weighted by molar-refractivity contribution is -0.136. The SMILES string of the molecule is CN(C)C(=O)c1cc2cnc(Nc3ccc(N4CCC(N5CCN(Cc6cc(F)c7c(c6)CN(C6CCC(=O)NC6=O)C7=O)CC5)CC4)cn3)nc2n1C1CCCC1. The molecule has 3 aromatic heterocycles. The van der Waals surface area contributed by atoms with Crippen molar-refractivity contribution in [3.8, 4) is 0 Å². The number of nitrogens with zero attached hydrogens (tertiary/aromatic N) is 9. The van der Waals surface area contributed by atoms with Gasteiger partial charge in [0.1, 0.15) is 29.0 Å². The van der Waals surface area contributed by atoms with Gasteiger partial charge in [0.25, 0.3) is 11.8 Å². The third kappa shape index (κ3) is 7.39. The summed E-state index contributed by atoms with van der Waals surface area (Å²) in [6.07, 6.45) is 10.6. The lowest BCUT2D eigenvalue weighted by atomic mass is 10.0. The zero-order chi connectivity index (χ0) is 40.1. The van der Waals surface area contributed by atoms with Crippen molar-refractivity contribution in [2.24, 2.45) is 0 Å². The van der Waals surface area contributed by atoms with Gasteiger partial charge in [-0.15, -0.1) is 0 Å². The van der Waals surface area contributed by atoms with Crippen LogP contribution < -0.4 is 15.5 Å². The molecule has 15 nitrogen and oxygen atoms in total. The number of anilines is 3. The molecule has 7 heterocycles. The van der Waals surface area contributed by atoms with E-state index in [1.807, 2.05) is 24.4 Å². The molecule has 1 aromatic carbocycles. The third-order valence-corrected chi connectivity index (χ3v) is 12.7. The van der Waals surface area contributed by atoms with Crippen LogP contribution in [0.15, 0.2) is 42.7 Å². The molecule has 1 aliphatic carbocycles. The summed E-state index contributed by atoms with van der Waals surface area (Å²) < 4.78 is 17.4. The van der Waals surface area contributed by atoms with Crippen LogP contribution in [0, 0.1) is 5.82 Å². The number of imide groups is 1. The number of pyridine rings is 1. The quantitative estimate of drug-likeness (QED) is 0.236. The summed E-state index contributed by atoms with van der Waals surface area (Å²) in [6, 6.07) is 9.30. The Labute approximate surface area is 336 Å². The molecule has 4 aliphatic heterocycles. The van der Waals surface area contributed by atoms with Gasteiger partial charge >= 0.3 is 0 Å². The number of benzene rings is 1. The van der Waals surface area contributed by atoms with Crippen LogP contribution in [0.3, 0.4) is 0 Å². The van der Waals surface area contributed by atoms with E-state index in [9.17, 15) is 19.2 Å². The van der Waals surface area contributed by atoms with Gasteiger partial charge in [-0.25, -0.2) is 14.4 Å². The van der Waals surface area contributed by atoms with Crippen LogP contribution in [-0.4, -0.2) is 128 Å². The standard InChI is InChI=1S/C42H50FN11O4/c1-49(2)40(57)34-21-27-22-45-42(48-38(27)54(34)30-5-3-4-6-30)46-35-9-7-31(23-44-35)51-13-11-29(12-14-51)52-17-15-50(16-18-52)24-26-19-28-25-53(41(58)37(28)32(43)20-26)33-8-10-36(55)47-39(33)56/h7,9,19-23,29-30,33H,3-6,8,10-18,24-25H2,1-2H3,(H,47,55,56)(H,44,45,46,48). The van der Waals surface area contributed by atoms with Crippen LogP contribution >= 0.6 is 0 Å². The largest absolute Gasteiger partial charge is 0.370 e. The smallest absolute Gasteiger partial charge is 0.270 e. The maximum atomic E-state index is 15.3. The molecule has 4 aromatic rings. The van der Waals surface area contributed by atoms with Crippen molar-refractivity contribution in [2.75, 3.05) is 63.6 Å². The van der Waals surface area contributed by atoms with Gasteiger partial charge < -0.3 is 24.6 Å². The molecule has 0 radical (unpaired) electrons. The molecule has 4 fully saturated rings. The van der Waals surface area contributed by atoms with Crippen molar-refractivity contribution in [1.82, 2.24) is 44.4 Å². The Morgan fingerprint density at radius 1 is 0.914 bits per heavy atom. The van der Waals surface area contributed by atoms with Crippen LogP contribution in [0.4, 0.5) is 21.8 Å². The first-order chi connectivity index (χ1) is 28.1. The normalized spacial score (nSPS) is 21.2. The molecule has 5 aliphatic rings. The summed E-state index contributed by atoms with van der Waals surface area (Å²) in [5.41, 5.74) is 3.96. The molecule has 9 rings (SSSR count). The van der Waals surface area contributed by atoms with Gasteiger partial charge in [-0.05, 0) is 67.5 Å². The van der Waals surface area contributed by atoms with Crippen molar-refractivity contribution in [3.63, 3.8) is 0 Å². The Balaban J connectivity index is 0.764. The van der Waals surface area contributed by atoms with E-state index < -0.39 is 23.7 Å². The fourth-order valence-corrected chi connectivity index (χ4v) is 9.60. The predicted octanol–water partition coefficient (Wildman–Crippen LogP) is 4.07. The van der Waals surface area contributed by atoms with Gasteiger partial charge in [0.05, 0.1) is 17.4 Å². The van der Waals surface area contributed by atoms with E-state index in [-0.39, 0.29) is 42.8 Å². The van der Waals surface area contributed by atoms with Crippen molar-refractivity contribution in [2.45, 2.75) is 82.6 Å². The number of piperazine rings is 1. The van der Waals surface area contributed by atoms with E-state index >= 15 is 4.39 Å². The zero-order valence-electron chi connectivity index (χ0n) is 33.1. The molecule has 4 amide bonds. The molecule has 1 unspecified atom stereocenters. The number of hydrogen-bond acceptors (Lipinski definition) is 11. The van der Waals surface area contributed by atoms with Crippen LogP contribution in [0.5, 0.6) is 0 Å². The Bertz CT molecular complexity index is 2240. The number of halogens is 1. The lowest BCUT2D eigenvalue weighted by Crippen LogP contribution is -2.53. The minimum Gasteiger partial charge on any atom is -0.370 e. The van der Waals surface area contributed by atoms with Gasteiger partial charge in [0.2, 0.25) is 17.8 Å². The summed E-state index contributed by atoms with van der Waals surface area (Å²) in [5, 5.41) is 6.43. The van der Waals surface area contributed by atoms with E-state index in [0.29, 0.717) is 35.6 Å². The van der Waals surface area contributed by atoms with Crippen LogP contribution in [0.1, 0.15) is 89.4 Å². The molecule has 0 bridgehead atoms. The van der Waals surface area contributed by atoms with Gasteiger partial charge in [-0.3, -0.25) is 34.3 Å². The molecular formula is C42H50FN11O4. The number of amides is 4. The number of rotatable bonds is 9. The molecule has 1 atom stereocenters. The fourth-order valence-electron chi connectivity index (χ4n) is 9.60. The topological polar surface area (TPSA) is 152 Å². The van der Waals surface area contributed by atoms with Gasteiger partial charge in [-0.1, -0.05) is 18.9 Å². The first kappa shape index (κ1) is 38.1. The van der Waals surface area contributed by atoms with E-state index in [1.54, 1.807) is 25.2 Å². The van der Waals surface area contributed by atoms with Crippen LogP contribution in [0.25, 0.3) is 11.0 Å². The molecule has 304 valence electrons. The Morgan fingerprint density at radius 3 is 2.40 bits per heavy atom. The second kappa shape index (κ2) is 15.7. The van der Waals surface area contributed by atoms with Crippen molar-refractivity contribution in [1.29, 1.82) is 0 Å². The first-order valence-corrected chi connectivity index (χ1v) is 20.6. The highest BCUT2D eigenvalue weighted by atomic mass is 19.1. The fraction of sp³-hybridized carbons (Fsp3) is 0.500. The van der Waals surface area contributed by atoms with Crippen LogP contribution in [0.2, 0.25) is 0 Å². The van der Waals surface area contributed by atoms with E-state index in [0.717, 1.165) is 100 Å². The second-order valence-electron chi connectivity index (χ2n) is 16.6. The summed E-state index contributed by atoms with van der Waals surface area (Å²) in [7, 11) is 3.55. The average Bonchev–Trinajstić information content (AvgIpc) is 3.96. The molecule has 3 saturated heterocycles. The third-order valence-electron chi connectivity index (χ3n) is 12.7. The molecule has 2 N–H and O–H groups in total. The molecule has 58 heavy (non-hydrogen) atoms. The van der Waals surface area contributed by atoms with Crippen molar-refractivity contribution in [3.05, 3.63) is 70.9 Å². The maximum Gasteiger partial charge on any atom is 0.270 e. The van der Waals surface area contributed by atoms with E-state index in [2.05, 4.69) is 41.0 Å². The van der Waals surface area contributed by atoms with Gasteiger partial charge in [-0.2, -0.15) is 4.98 Å². The minimum atomic E-state index is -0.763. The van der Waals surface area contributed by atoms with Crippen molar-refractivity contribution >= 4 is 52.1 Å². The molecule has 16 heteroatoms. The second-order valence-corrected chi connectivity index (χ2v) is 16.6. The Kier molecular flexibility index (Phi) is 10.3. The number of carbonyl (C=O) groups excluding carboxylic acids is 4. The number of carbonyl (C=O) groups is 4. The molecule has 0 spiro atoms. The first-order valence-electron chi connectivity index (χ1n) is 20.6. The lowest BCUT2D eigenvalue weighted by Gasteiger charge is -2.43. The average molecular weight is 792 g/mol. The highest BCUT2D eigenvalue weighted by Gasteiger charge is 2.41. The summed E-state index contributed by atoms with van der Waals surface area (Å²) in [5.74, 6) is -0.810. The Hall–Kier alpha value is -5.48. The summed E-state index contributed by atoms with van der Waals surface area (Å²) in [6.45, 7) is 6.26. The highest BCUT2D eigenvalue weighted by Crippen LogP contribution is 2.35. The number of fused-ring (bicyclic) bond motifs is 2. The maximum absolute atomic E-state index is 15.3. The van der Waals surface area contributed by atoms with E-state index in [4.69, 9.17) is 9.97 Å². The highest BCUT2D eigenvalue weighted by molar-refractivity contribution is 6.05. The van der Waals surface area contributed by atoms with Crippen LogP contribution in [-0.2, 0) is 22.7 Å². The molecular weight excluding hydrogens is 742 g/mol. The number of nitrogens with one attached hydrogen (secondary N) is 2. The van der Waals surface area contributed by atoms with Crippen molar-refractivity contribution < 1.29 is 23.6 Å². The summed E-state index contributed by atoms with van der Waals surface area (Å²) >= 11 is 0. The monoisotopic (exact) mass is 791 g/mol.